The lowest BCUT2D eigenvalue weighted by Gasteiger charge is -1.99. The number of aliphatic imine (C=N–C) groups is 1. The fourth-order valence-electron chi connectivity index (χ4n) is 2.29. The van der Waals surface area contributed by atoms with Gasteiger partial charge < -0.3 is 15.5 Å². The van der Waals surface area contributed by atoms with E-state index in [1.54, 1.807) is 18.2 Å². The lowest BCUT2D eigenvalue weighted by Crippen LogP contribution is -2.16. The van der Waals surface area contributed by atoms with Crippen LogP contribution in [0, 0.1) is 0 Å². The van der Waals surface area contributed by atoms with Gasteiger partial charge in [0.25, 0.3) is 5.91 Å². The SMILES string of the molecule is O=C1NC(=Cc2ccc(O)cc2)C(O)=C1C=NCc1ccccc1. The Morgan fingerprint density at radius 1 is 1.00 bits per heavy atom. The highest BCUT2D eigenvalue weighted by Crippen LogP contribution is 2.21. The number of phenolic OH excluding ortho intramolecular Hbond substituents is 1. The number of hydrogen-bond acceptors (Lipinski definition) is 4. The van der Waals surface area contributed by atoms with Gasteiger partial charge in [-0.1, -0.05) is 42.5 Å². The number of carbonyl (C=O) groups is 1. The molecule has 2 aromatic carbocycles. The molecular weight excluding hydrogens is 304 g/mol. The van der Waals surface area contributed by atoms with Crippen molar-refractivity contribution in [3.05, 3.63) is 82.8 Å². The molecule has 0 saturated heterocycles. The monoisotopic (exact) mass is 320 g/mol. The van der Waals surface area contributed by atoms with Crippen molar-refractivity contribution in [2.75, 3.05) is 0 Å². The Labute approximate surface area is 139 Å². The molecule has 5 nitrogen and oxygen atoms in total. The van der Waals surface area contributed by atoms with E-state index < -0.39 is 5.91 Å². The summed E-state index contributed by atoms with van der Waals surface area (Å²) in [4.78, 5) is 16.2. The van der Waals surface area contributed by atoms with Crippen molar-refractivity contribution in [3.8, 4) is 5.75 Å². The van der Waals surface area contributed by atoms with E-state index in [4.69, 9.17) is 0 Å². The normalized spacial score (nSPS) is 16.2. The van der Waals surface area contributed by atoms with E-state index in [2.05, 4.69) is 10.3 Å². The highest BCUT2D eigenvalue weighted by molar-refractivity contribution is 6.16. The summed E-state index contributed by atoms with van der Waals surface area (Å²) in [5.74, 6) is -0.375. The largest absolute Gasteiger partial charge is 0.508 e. The molecule has 1 heterocycles. The average Bonchev–Trinajstić information content (AvgIpc) is 2.85. The zero-order valence-corrected chi connectivity index (χ0v) is 12.8. The van der Waals surface area contributed by atoms with Gasteiger partial charge in [-0.05, 0) is 29.3 Å². The van der Waals surface area contributed by atoms with Crippen molar-refractivity contribution in [1.29, 1.82) is 0 Å². The summed E-state index contributed by atoms with van der Waals surface area (Å²) in [6.45, 7) is 0.432. The third kappa shape index (κ3) is 3.52. The van der Waals surface area contributed by atoms with Gasteiger partial charge in [-0.3, -0.25) is 9.79 Å². The fraction of sp³-hybridized carbons (Fsp3) is 0.0526. The van der Waals surface area contributed by atoms with E-state index in [1.165, 1.54) is 18.3 Å². The van der Waals surface area contributed by atoms with Crippen molar-refractivity contribution in [2.45, 2.75) is 6.54 Å². The number of aromatic hydroxyl groups is 1. The quantitative estimate of drug-likeness (QED) is 0.758. The first-order valence-electron chi connectivity index (χ1n) is 7.43. The minimum atomic E-state index is -0.394. The van der Waals surface area contributed by atoms with Gasteiger partial charge in [0.2, 0.25) is 0 Å². The number of aliphatic hydroxyl groups is 1. The van der Waals surface area contributed by atoms with Crippen molar-refractivity contribution < 1.29 is 15.0 Å². The molecule has 0 saturated carbocycles. The molecule has 0 atom stereocenters. The molecule has 24 heavy (non-hydrogen) atoms. The molecule has 0 unspecified atom stereocenters. The molecule has 0 fully saturated rings. The number of nitrogens with one attached hydrogen (secondary N) is 1. The van der Waals surface area contributed by atoms with Crippen LogP contribution in [0.25, 0.3) is 6.08 Å². The van der Waals surface area contributed by atoms with Crippen LogP contribution in [0.15, 0.2) is 76.6 Å². The van der Waals surface area contributed by atoms with E-state index in [-0.39, 0.29) is 17.1 Å². The third-order valence-electron chi connectivity index (χ3n) is 3.54. The Balaban J connectivity index is 1.78. The van der Waals surface area contributed by atoms with Crippen LogP contribution in [0.1, 0.15) is 11.1 Å². The molecule has 5 heteroatoms. The van der Waals surface area contributed by atoms with Crippen LogP contribution >= 0.6 is 0 Å². The zero-order valence-electron chi connectivity index (χ0n) is 12.8. The standard InChI is InChI=1S/C19H16N2O3/c22-15-8-6-13(7-9-15)10-17-18(23)16(19(24)21-17)12-20-11-14-4-2-1-3-5-14/h1-10,12,22-23H,11H2,(H,21,24). The lowest BCUT2D eigenvalue weighted by atomic mass is 10.1. The number of aliphatic hydroxyl groups excluding tert-OH is 1. The molecule has 1 aliphatic heterocycles. The molecule has 0 aliphatic carbocycles. The van der Waals surface area contributed by atoms with Crippen molar-refractivity contribution >= 4 is 18.2 Å². The number of nitrogens with zero attached hydrogens (tertiary/aromatic N) is 1. The van der Waals surface area contributed by atoms with E-state index in [0.29, 0.717) is 12.2 Å². The molecule has 120 valence electrons. The van der Waals surface area contributed by atoms with E-state index in [0.717, 1.165) is 11.1 Å². The first-order chi connectivity index (χ1) is 11.6. The van der Waals surface area contributed by atoms with Crippen LogP contribution in [0.5, 0.6) is 5.75 Å². The summed E-state index contributed by atoms with van der Waals surface area (Å²) in [7, 11) is 0. The zero-order chi connectivity index (χ0) is 16.9. The Bertz CT molecular complexity index is 835. The number of amides is 1. The number of carbonyl (C=O) groups excluding carboxylic acids is 1. The number of rotatable bonds is 4. The first-order valence-corrected chi connectivity index (χ1v) is 7.43. The van der Waals surface area contributed by atoms with E-state index in [9.17, 15) is 15.0 Å². The second kappa shape index (κ2) is 6.83. The maximum Gasteiger partial charge on any atom is 0.261 e. The summed E-state index contributed by atoms with van der Waals surface area (Å²) < 4.78 is 0. The molecule has 1 amide bonds. The predicted octanol–water partition coefficient (Wildman–Crippen LogP) is 2.95. The van der Waals surface area contributed by atoms with Crippen LogP contribution in [-0.4, -0.2) is 22.3 Å². The smallest absolute Gasteiger partial charge is 0.261 e. The molecule has 0 spiro atoms. The van der Waals surface area contributed by atoms with Crippen molar-refractivity contribution in [2.24, 2.45) is 4.99 Å². The van der Waals surface area contributed by atoms with Gasteiger partial charge in [0.15, 0.2) is 5.76 Å². The summed E-state index contributed by atoms with van der Waals surface area (Å²) >= 11 is 0. The van der Waals surface area contributed by atoms with Gasteiger partial charge in [-0.15, -0.1) is 0 Å². The summed E-state index contributed by atoms with van der Waals surface area (Å²) in [5, 5.41) is 22.1. The summed E-state index contributed by atoms with van der Waals surface area (Å²) in [6, 6.07) is 16.1. The van der Waals surface area contributed by atoms with E-state index in [1.807, 2.05) is 30.3 Å². The Kier molecular flexibility index (Phi) is 4.43. The first kappa shape index (κ1) is 15.6. The van der Waals surface area contributed by atoms with Crippen LogP contribution in [-0.2, 0) is 11.3 Å². The number of phenols is 1. The Hall–Kier alpha value is -3.34. The van der Waals surface area contributed by atoms with Crippen LogP contribution in [0.3, 0.4) is 0 Å². The van der Waals surface area contributed by atoms with Gasteiger partial charge in [0.05, 0.1) is 12.2 Å². The third-order valence-corrected chi connectivity index (χ3v) is 3.54. The van der Waals surface area contributed by atoms with Crippen molar-refractivity contribution in [1.82, 2.24) is 5.32 Å². The van der Waals surface area contributed by atoms with Gasteiger partial charge in [0.1, 0.15) is 11.3 Å². The second-order valence-electron chi connectivity index (χ2n) is 5.32. The number of benzene rings is 2. The predicted molar refractivity (Wildman–Crippen MR) is 92.5 cm³/mol. The Morgan fingerprint density at radius 2 is 1.71 bits per heavy atom. The maximum absolute atomic E-state index is 12.0. The lowest BCUT2D eigenvalue weighted by molar-refractivity contribution is -0.115. The molecule has 0 bridgehead atoms. The molecule has 0 aromatic heterocycles. The topological polar surface area (TPSA) is 81.9 Å². The van der Waals surface area contributed by atoms with Crippen LogP contribution < -0.4 is 5.32 Å². The minimum Gasteiger partial charge on any atom is -0.508 e. The molecule has 0 radical (unpaired) electrons. The average molecular weight is 320 g/mol. The molecule has 3 rings (SSSR count). The van der Waals surface area contributed by atoms with Crippen molar-refractivity contribution in [3.63, 3.8) is 0 Å². The Morgan fingerprint density at radius 3 is 2.42 bits per heavy atom. The van der Waals surface area contributed by atoms with E-state index >= 15 is 0 Å². The van der Waals surface area contributed by atoms with Crippen LogP contribution in [0.4, 0.5) is 0 Å². The molecular formula is C19H16N2O3. The van der Waals surface area contributed by atoms with Gasteiger partial charge in [-0.25, -0.2) is 0 Å². The summed E-state index contributed by atoms with van der Waals surface area (Å²) in [6.07, 6.45) is 3.01. The molecule has 2 aromatic rings. The fourth-order valence-corrected chi connectivity index (χ4v) is 2.29. The van der Waals surface area contributed by atoms with Crippen LogP contribution in [0.2, 0.25) is 0 Å². The van der Waals surface area contributed by atoms with Gasteiger partial charge >= 0.3 is 0 Å². The molecule has 3 N–H and O–H groups in total. The number of hydrogen-bond donors (Lipinski definition) is 3. The minimum absolute atomic E-state index is 0.134. The highest BCUT2D eigenvalue weighted by atomic mass is 16.3. The van der Waals surface area contributed by atoms with Gasteiger partial charge in [0, 0.05) is 6.21 Å². The maximum atomic E-state index is 12.0. The van der Waals surface area contributed by atoms with Gasteiger partial charge in [-0.2, -0.15) is 0 Å². The second-order valence-corrected chi connectivity index (χ2v) is 5.32. The highest BCUT2D eigenvalue weighted by Gasteiger charge is 2.25. The molecule has 1 aliphatic rings. The summed E-state index contributed by atoms with van der Waals surface area (Å²) in [5.41, 5.74) is 2.21.